The molecule has 0 bridgehead atoms. The van der Waals surface area contributed by atoms with Crippen LogP contribution in [0.15, 0.2) is 0 Å². The van der Waals surface area contributed by atoms with Crippen molar-refractivity contribution < 1.29 is 9.53 Å². The van der Waals surface area contributed by atoms with Gasteiger partial charge in [-0.25, -0.2) is 0 Å². The minimum Gasteiger partial charge on any atom is -0.375 e. The van der Waals surface area contributed by atoms with Crippen molar-refractivity contribution in [1.29, 1.82) is 0 Å². The van der Waals surface area contributed by atoms with Crippen LogP contribution >= 0.6 is 12.4 Å². The van der Waals surface area contributed by atoms with Gasteiger partial charge in [0.1, 0.15) is 0 Å². The van der Waals surface area contributed by atoms with E-state index in [0.29, 0.717) is 13.0 Å². The lowest BCUT2D eigenvalue weighted by atomic mass is 9.81. The van der Waals surface area contributed by atoms with E-state index in [2.05, 4.69) is 45.3 Å². The number of carbonyl (C=O) groups excluding carboxylic acids is 1. The van der Waals surface area contributed by atoms with Crippen LogP contribution < -0.4 is 10.6 Å². The van der Waals surface area contributed by atoms with Gasteiger partial charge >= 0.3 is 0 Å². The number of carbonyl (C=O) groups is 1. The summed E-state index contributed by atoms with van der Waals surface area (Å²) in [6.45, 7) is 13.1. The van der Waals surface area contributed by atoms with Gasteiger partial charge < -0.3 is 15.4 Å². The predicted octanol–water partition coefficient (Wildman–Crippen LogP) is 2.12. The summed E-state index contributed by atoms with van der Waals surface area (Å²) >= 11 is 0. The van der Waals surface area contributed by atoms with Gasteiger partial charge in [0.15, 0.2) is 0 Å². The molecule has 0 radical (unpaired) electrons. The van der Waals surface area contributed by atoms with Gasteiger partial charge in [0, 0.05) is 18.6 Å². The molecular formula is C14H29ClN2O2. The first kappa shape index (κ1) is 18.7. The number of hydrogen-bond acceptors (Lipinski definition) is 3. The van der Waals surface area contributed by atoms with Crippen molar-refractivity contribution in [2.24, 2.45) is 5.41 Å². The van der Waals surface area contributed by atoms with Crippen LogP contribution in [-0.4, -0.2) is 37.2 Å². The molecule has 0 aliphatic carbocycles. The second kappa shape index (κ2) is 7.46. The molecule has 1 heterocycles. The minimum absolute atomic E-state index is 0. The van der Waals surface area contributed by atoms with Gasteiger partial charge in [0.05, 0.1) is 19.1 Å². The van der Waals surface area contributed by atoms with Crippen LogP contribution in [0.1, 0.15) is 47.5 Å². The Morgan fingerprint density at radius 1 is 1.32 bits per heavy atom. The monoisotopic (exact) mass is 292 g/mol. The zero-order valence-electron chi connectivity index (χ0n) is 12.8. The van der Waals surface area contributed by atoms with E-state index in [9.17, 15) is 4.79 Å². The lowest BCUT2D eigenvalue weighted by molar-refractivity contribution is -0.126. The van der Waals surface area contributed by atoms with Crippen LogP contribution in [0, 0.1) is 5.41 Å². The quantitative estimate of drug-likeness (QED) is 0.834. The Bertz CT molecular complexity index is 282. The largest absolute Gasteiger partial charge is 0.375 e. The molecule has 0 spiro atoms. The molecule has 0 aromatic carbocycles. The molecule has 1 fully saturated rings. The molecule has 5 heteroatoms. The molecule has 1 aliphatic rings. The van der Waals surface area contributed by atoms with Gasteiger partial charge in [0.2, 0.25) is 5.91 Å². The SMILES string of the molecule is CC(C)(C)CC(C)(C)NC(=O)CC1CNCCO1.Cl. The van der Waals surface area contributed by atoms with Crippen LogP contribution in [0.4, 0.5) is 0 Å². The third-order valence-corrected chi connectivity index (χ3v) is 2.87. The normalized spacial score (nSPS) is 20.6. The van der Waals surface area contributed by atoms with Gasteiger partial charge in [-0.05, 0) is 25.7 Å². The van der Waals surface area contributed by atoms with Gasteiger partial charge in [-0.3, -0.25) is 4.79 Å². The smallest absolute Gasteiger partial charge is 0.223 e. The maximum Gasteiger partial charge on any atom is 0.223 e. The fourth-order valence-corrected chi connectivity index (χ4v) is 2.76. The van der Waals surface area contributed by atoms with Crippen molar-refractivity contribution in [3.05, 3.63) is 0 Å². The van der Waals surface area contributed by atoms with E-state index >= 15 is 0 Å². The summed E-state index contributed by atoms with van der Waals surface area (Å²) in [6.07, 6.45) is 1.42. The standard InChI is InChI=1S/C14H28N2O2.ClH/c1-13(2,3)10-14(4,5)16-12(17)8-11-9-15-6-7-18-11;/h11,15H,6-10H2,1-5H3,(H,16,17);1H. The zero-order chi connectivity index (χ0) is 13.8. The Morgan fingerprint density at radius 2 is 1.95 bits per heavy atom. The number of amides is 1. The average molecular weight is 293 g/mol. The lowest BCUT2D eigenvalue weighted by Crippen LogP contribution is -2.48. The Morgan fingerprint density at radius 3 is 2.42 bits per heavy atom. The summed E-state index contributed by atoms with van der Waals surface area (Å²) in [7, 11) is 0. The molecule has 1 amide bonds. The number of morpholine rings is 1. The second-order valence-electron chi connectivity index (χ2n) is 7.07. The molecule has 4 nitrogen and oxygen atoms in total. The van der Waals surface area contributed by atoms with Crippen molar-refractivity contribution >= 4 is 18.3 Å². The molecule has 1 rings (SSSR count). The van der Waals surface area contributed by atoms with Crippen LogP contribution in [0.25, 0.3) is 0 Å². The predicted molar refractivity (Wildman–Crippen MR) is 80.8 cm³/mol. The average Bonchev–Trinajstić information content (AvgIpc) is 2.13. The van der Waals surface area contributed by atoms with Gasteiger partial charge in [0.25, 0.3) is 0 Å². The molecule has 2 N–H and O–H groups in total. The molecule has 19 heavy (non-hydrogen) atoms. The van der Waals surface area contributed by atoms with Crippen molar-refractivity contribution in [2.75, 3.05) is 19.7 Å². The number of rotatable bonds is 4. The number of ether oxygens (including phenoxy) is 1. The molecule has 1 aliphatic heterocycles. The van der Waals surface area contributed by atoms with E-state index in [1.807, 2.05) is 0 Å². The van der Waals surface area contributed by atoms with E-state index in [4.69, 9.17) is 4.74 Å². The highest BCUT2D eigenvalue weighted by Gasteiger charge is 2.28. The number of hydrogen-bond donors (Lipinski definition) is 2. The number of halogens is 1. The Labute approximate surface area is 123 Å². The fourth-order valence-electron chi connectivity index (χ4n) is 2.76. The summed E-state index contributed by atoms with van der Waals surface area (Å²) in [5, 5.41) is 6.35. The molecule has 1 saturated heterocycles. The molecule has 1 unspecified atom stereocenters. The van der Waals surface area contributed by atoms with E-state index < -0.39 is 0 Å². The van der Waals surface area contributed by atoms with Crippen molar-refractivity contribution in [2.45, 2.75) is 59.1 Å². The van der Waals surface area contributed by atoms with E-state index in [1.54, 1.807) is 0 Å². The second-order valence-corrected chi connectivity index (χ2v) is 7.07. The maximum absolute atomic E-state index is 12.0. The highest BCUT2D eigenvalue weighted by molar-refractivity contribution is 5.85. The molecule has 0 saturated carbocycles. The van der Waals surface area contributed by atoms with Crippen LogP contribution in [0.3, 0.4) is 0 Å². The first-order chi connectivity index (χ1) is 8.18. The highest BCUT2D eigenvalue weighted by Crippen LogP contribution is 2.26. The Hall–Kier alpha value is -0.320. The van der Waals surface area contributed by atoms with E-state index in [1.165, 1.54) is 0 Å². The van der Waals surface area contributed by atoms with Gasteiger partial charge in [-0.2, -0.15) is 0 Å². The molecular weight excluding hydrogens is 264 g/mol. The third-order valence-electron chi connectivity index (χ3n) is 2.87. The van der Waals surface area contributed by atoms with Gasteiger partial charge in [-0.15, -0.1) is 12.4 Å². The van der Waals surface area contributed by atoms with Crippen LogP contribution in [0.5, 0.6) is 0 Å². The van der Waals surface area contributed by atoms with Crippen molar-refractivity contribution in [3.63, 3.8) is 0 Å². The summed E-state index contributed by atoms with van der Waals surface area (Å²) in [6, 6.07) is 0. The first-order valence-electron chi connectivity index (χ1n) is 6.81. The lowest BCUT2D eigenvalue weighted by Gasteiger charge is -2.34. The summed E-state index contributed by atoms with van der Waals surface area (Å²) in [5.41, 5.74) is 0.0388. The molecule has 114 valence electrons. The maximum atomic E-state index is 12.0. The van der Waals surface area contributed by atoms with Gasteiger partial charge in [-0.1, -0.05) is 20.8 Å². The summed E-state index contributed by atoms with van der Waals surface area (Å²) in [4.78, 5) is 12.0. The van der Waals surface area contributed by atoms with Crippen molar-refractivity contribution in [3.8, 4) is 0 Å². The summed E-state index contributed by atoms with van der Waals surface area (Å²) < 4.78 is 5.54. The highest BCUT2D eigenvalue weighted by atomic mass is 35.5. The minimum atomic E-state index is -0.169. The first-order valence-corrected chi connectivity index (χ1v) is 6.81. The van der Waals surface area contributed by atoms with E-state index in [-0.39, 0.29) is 35.4 Å². The summed E-state index contributed by atoms with van der Waals surface area (Å²) in [5.74, 6) is 0.0814. The molecule has 0 aromatic heterocycles. The topological polar surface area (TPSA) is 50.4 Å². The van der Waals surface area contributed by atoms with Crippen LogP contribution in [-0.2, 0) is 9.53 Å². The van der Waals surface area contributed by atoms with Crippen molar-refractivity contribution in [1.82, 2.24) is 10.6 Å². The number of nitrogens with one attached hydrogen (secondary N) is 2. The van der Waals surface area contributed by atoms with E-state index in [0.717, 1.165) is 19.5 Å². The molecule has 1 atom stereocenters. The third kappa shape index (κ3) is 8.45. The van der Waals surface area contributed by atoms with Crippen LogP contribution in [0.2, 0.25) is 0 Å². The molecule has 0 aromatic rings. The fraction of sp³-hybridized carbons (Fsp3) is 0.929. The zero-order valence-corrected chi connectivity index (χ0v) is 13.7. The Balaban J connectivity index is 0.00000324. The Kier molecular flexibility index (Phi) is 7.33.